The van der Waals surface area contributed by atoms with Crippen LogP contribution in [0.15, 0.2) is 46.2 Å². The van der Waals surface area contributed by atoms with E-state index in [0.29, 0.717) is 23.0 Å². The lowest BCUT2D eigenvalue weighted by Gasteiger charge is -2.30. The van der Waals surface area contributed by atoms with E-state index in [1.165, 1.54) is 39.9 Å². The number of nitrogens with zero attached hydrogens (tertiary/aromatic N) is 2. The third-order valence-corrected chi connectivity index (χ3v) is 10.3. The van der Waals surface area contributed by atoms with E-state index in [1.807, 2.05) is 13.0 Å². The fourth-order valence-electron chi connectivity index (χ4n) is 3.83. The maximum atomic E-state index is 13.1. The van der Waals surface area contributed by atoms with E-state index in [2.05, 4.69) is 10.3 Å². The molecule has 0 saturated carbocycles. The van der Waals surface area contributed by atoms with Crippen molar-refractivity contribution in [3.05, 3.63) is 47.0 Å². The molecular formula is C21H22ClN3O5S3. The number of halogens is 1. The first-order chi connectivity index (χ1) is 15.5. The lowest BCUT2D eigenvalue weighted by atomic mass is 9.97. The largest absolute Gasteiger partial charge is 0.302 e. The predicted molar refractivity (Wildman–Crippen MR) is 129 cm³/mol. The Kier molecular flexibility index (Phi) is 6.53. The number of benzene rings is 2. The number of hydrogen-bond donors (Lipinski definition) is 1. The first-order valence-electron chi connectivity index (χ1n) is 10.1. The van der Waals surface area contributed by atoms with Crippen molar-refractivity contribution in [3.8, 4) is 0 Å². The van der Waals surface area contributed by atoms with Crippen LogP contribution < -0.4 is 5.32 Å². The fraction of sp³-hybridized carbons (Fsp3) is 0.333. The monoisotopic (exact) mass is 527 g/mol. The number of thiazole rings is 1. The normalized spacial score (nSPS) is 16.2. The number of hydrogen-bond acceptors (Lipinski definition) is 7. The van der Waals surface area contributed by atoms with Gasteiger partial charge in [-0.05, 0) is 43.5 Å². The van der Waals surface area contributed by atoms with Gasteiger partial charge in [0.2, 0.25) is 15.9 Å². The minimum absolute atomic E-state index is 0.114. The molecule has 12 heteroatoms. The molecular weight excluding hydrogens is 506 g/mol. The number of piperidine rings is 1. The molecule has 1 saturated heterocycles. The summed E-state index contributed by atoms with van der Waals surface area (Å²) in [5, 5.41) is 3.85. The second kappa shape index (κ2) is 8.95. The van der Waals surface area contributed by atoms with Crippen LogP contribution in [0.25, 0.3) is 10.2 Å². The topological polar surface area (TPSA) is 114 Å². The zero-order valence-electron chi connectivity index (χ0n) is 17.9. The number of aromatic nitrogens is 1. The van der Waals surface area contributed by atoms with Gasteiger partial charge in [0.1, 0.15) is 4.90 Å². The second-order valence-electron chi connectivity index (χ2n) is 7.95. The van der Waals surface area contributed by atoms with Gasteiger partial charge in [-0.1, -0.05) is 41.1 Å². The highest BCUT2D eigenvalue weighted by molar-refractivity contribution is 7.93. The van der Waals surface area contributed by atoms with E-state index in [-0.39, 0.29) is 34.7 Å². The van der Waals surface area contributed by atoms with Crippen molar-refractivity contribution in [3.63, 3.8) is 0 Å². The summed E-state index contributed by atoms with van der Waals surface area (Å²) in [5.41, 5.74) is 1.70. The van der Waals surface area contributed by atoms with Crippen molar-refractivity contribution in [2.45, 2.75) is 29.6 Å². The van der Waals surface area contributed by atoms with Gasteiger partial charge in [0.05, 0.1) is 20.1 Å². The van der Waals surface area contributed by atoms with Crippen molar-refractivity contribution in [1.29, 1.82) is 0 Å². The molecule has 0 spiro atoms. The molecule has 2 heterocycles. The van der Waals surface area contributed by atoms with Crippen molar-refractivity contribution in [1.82, 2.24) is 9.29 Å². The predicted octanol–water partition coefficient (Wildman–Crippen LogP) is 3.70. The molecule has 4 rings (SSSR count). The van der Waals surface area contributed by atoms with Crippen LogP contribution in [0.4, 0.5) is 5.13 Å². The summed E-state index contributed by atoms with van der Waals surface area (Å²) in [6.45, 7) is 2.15. The molecule has 0 bridgehead atoms. The number of sulfonamides is 1. The van der Waals surface area contributed by atoms with E-state index in [4.69, 9.17) is 11.6 Å². The van der Waals surface area contributed by atoms with E-state index in [1.54, 1.807) is 6.07 Å². The lowest BCUT2D eigenvalue weighted by Crippen LogP contribution is -2.41. The van der Waals surface area contributed by atoms with Crippen LogP contribution in [0, 0.1) is 12.8 Å². The summed E-state index contributed by atoms with van der Waals surface area (Å²) < 4.78 is 52.4. The lowest BCUT2D eigenvalue weighted by molar-refractivity contribution is -0.120. The molecule has 1 aliphatic heterocycles. The van der Waals surface area contributed by atoms with Crippen LogP contribution in [0.2, 0.25) is 5.02 Å². The molecule has 33 heavy (non-hydrogen) atoms. The van der Waals surface area contributed by atoms with Crippen molar-refractivity contribution < 1.29 is 21.6 Å². The number of anilines is 1. The number of carbonyl (C=O) groups is 1. The van der Waals surface area contributed by atoms with Gasteiger partial charge in [0.25, 0.3) is 0 Å². The molecule has 176 valence electrons. The number of fused-ring (bicyclic) bond motifs is 1. The second-order valence-corrected chi connectivity index (χ2v) is 13.2. The molecule has 0 radical (unpaired) electrons. The maximum absolute atomic E-state index is 13.1. The van der Waals surface area contributed by atoms with Crippen molar-refractivity contribution >= 4 is 64.1 Å². The van der Waals surface area contributed by atoms with Crippen molar-refractivity contribution in [2.24, 2.45) is 5.92 Å². The number of carbonyl (C=O) groups excluding carboxylic acids is 1. The highest BCUT2D eigenvalue weighted by atomic mass is 35.5. The average molecular weight is 528 g/mol. The smallest absolute Gasteiger partial charge is 0.244 e. The first kappa shape index (κ1) is 24.1. The van der Waals surface area contributed by atoms with Gasteiger partial charge in [-0.15, -0.1) is 0 Å². The van der Waals surface area contributed by atoms with Gasteiger partial charge in [0.15, 0.2) is 15.0 Å². The third-order valence-electron chi connectivity index (χ3n) is 5.62. The number of sulfone groups is 1. The Labute approximate surface area is 201 Å². The van der Waals surface area contributed by atoms with E-state index in [0.717, 1.165) is 22.0 Å². The summed E-state index contributed by atoms with van der Waals surface area (Å²) in [6, 6.07) is 9.23. The molecule has 3 aromatic rings. The zero-order chi connectivity index (χ0) is 24.0. The van der Waals surface area contributed by atoms with E-state index >= 15 is 0 Å². The molecule has 1 aliphatic rings. The first-order valence-corrected chi connectivity index (χ1v) is 14.7. The Bertz CT molecular complexity index is 1400. The van der Waals surface area contributed by atoms with Gasteiger partial charge in [0, 0.05) is 25.3 Å². The van der Waals surface area contributed by atoms with Crippen LogP contribution in [-0.2, 0) is 24.7 Å². The Morgan fingerprint density at radius 2 is 1.73 bits per heavy atom. The van der Waals surface area contributed by atoms with Gasteiger partial charge in [-0.25, -0.2) is 21.8 Å². The van der Waals surface area contributed by atoms with Crippen LogP contribution in [0.3, 0.4) is 0 Å². The van der Waals surface area contributed by atoms with Crippen LogP contribution in [0.5, 0.6) is 0 Å². The highest BCUT2D eigenvalue weighted by Crippen LogP contribution is 2.34. The van der Waals surface area contributed by atoms with Crippen LogP contribution in [-0.4, -0.2) is 51.4 Å². The van der Waals surface area contributed by atoms with Crippen molar-refractivity contribution in [2.75, 3.05) is 24.7 Å². The Hall–Kier alpha value is -2.05. The van der Waals surface area contributed by atoms with Gasteiger partial charge in [-0.2, -0.15) is 4.31 Å². The molecule has 2 aromatic carbocycles. The van der Waals surface area contributed by atoms with E-state index < -0.39 is 19.9 Å². The van der Waals surface area contributed by atoms with Crippen LogP contribution >= 0.6 is 22.9 Å². The molecule has 1 fully saturated rings. The highest BCUT2D eigenvalue weighted by Gasteiger charge is 2.34. The fourth-order valence-corrected chi connectivity index (χ4v) is 8.12. The van der Waals surface area contributed by atoms with E-state index in [9.17, 15) is 21.6 Å². The average Bonchev–Trinajstić information content (AvgIpc) is 3.21. The minimum Gasteiger partial charge on any atom is -0.302 e. The summed E-state index contributed by atoms with van der Waals surface area (Å²) >= 11 is 7.53. The molecule has 0 unspecified atom stereocenters. The minimum atomic E-state index is -4.01. The number of aryl methyl sites for hydroxylation is 1. The van der Waals surface area contributed by atoms with Gasteiger partial charge in [-0.3, -0.25) is 4.79 Å². The molecule has 0 aliphatic carbocycles. The maximum Gasteiger partial charge on any atom is 0.244 e. The summed E-state index contributed by atoms with van der Waals surface area (Å²) in [5.74, 6) is -0.610. The number of rotatable bonds is 5. The summed E-state index contributed by atoms with van der Waals surface area (Å²) in [4.78, 5) is 16.8. The molecule has 1 amide bonds. The van der Waals surface area contributed by atoms with Crippen LogP contribution in [0.1, 0.15) is 18.4 Å². The van der Waals surface area contributed by atoms with Gasteiger partial charge >= 0.3 is 0 Å². The zero-order valence-corrected chi connectivity index (χ0v) is 21.1. The number of nitrogens with one attached hydrogen (secondary N) is 1. The van der Waals surface area contributed by atoms with Gasteiger partial charge < -0.3 is 5.32 Å². The molecule has 8 nitrogen and oxygen atoms in total. The Balaban J connectivity index is 1.47. The molecule has 1 aromatic heterocycles. The Morgan fingerprint density at radius 1 is 1.09 bits per heavy atom. The summed E-state index contributed by atoms with van der Waals surface area (Å²) in [7, 11) is -7.73. The Morgan fingerprint density at radius 3 is 2.33 bits per heavy atom. The third kappa shape index (κ3) is 4.78. The number of amides is 1. The molecule has 1 N–H and O–H groups in total. The SMILES string of the molecule is Cc1ccc(Cl)c2sc(NC(=O)C3CCN(S(=O)(=O)c4ccccc4S(C)(=O)=O)CC3)nc12. The standard InChI is InChI=1S/C21H22ClN3O5S3/c1-13-7-8-15(22)19-18(13)23-21(31-19)24-20(26)14-9-11-25(12-10-14)33(29,30)17-6-4-3-5-16(17)32(2,27)28/h3-8,14H,9-12H2,1-2H3,(H,23,24,26). The molecule has 0 atom stereocenters. The summed E-state index contributed by atoms with van der Waals surface area (Å²) in [6.07, 6.45) is 1.61. The quantitative estimate of drug-likeness (QED) is 0.541.